The first-order valence-corrected chi connectivity index (χ1v) is 9.99. The largest absolute Gasteiger partial charge is 0.506 e. The highest BCUT2D eigenvalue weighted by Crippen LogP contribution is 2.43. The molecule has 2 aromatic carbocycles. The summed E-state index contributed by atoms with van der Waals surface area (Å²) < 4.78 is 15.8. The van der Waals surface area contributed by atoms with Crippen molar-refractivity contribution in [3.63, 3.8) is 0 Å². The second-order valence-electron chi connectivity index (χ2n) is 6.03. The van der Waals surface area contributed by atoms with Gasteiger partial charge >= 0.3 is 5.97 Å². The minimum absolute atomic E-state index is 0.0313. The van der Waals surface area contributed by atoms with Gasteiger partial charge in [-0.2, -0.15) is 0 Å². The number of aliphatic imine (C=N–C) groups is 1. The molecule has 2 aliphatic heterocycles. The number of halogens is 1. The quantitative estimate of drug-likeness (QED) is 0.668. The number of carbonyl (C=O) groups excluding carboxylic acids is 1. The Labute approximate surface area is 176 Å². The summed E-state index contributed by atoms with van der Waals surface area (Å²) in [6.45, 7) is 2.02. The van der Waals surface area contributed by atoms with Gasteiger partial charge in [0, 0.05) is 6.07 Å². The van der Waals surface area contributed by atoms with Gasteiger partial charge in [-0.05, 0) is 36.8 Å². The summed E-state index contributed by atoms with van der Waals surface area (Å²) in [4.78, 5) is 17.4. The van der Waals surface area contributed by atoms with Gasteiger partial charge in [0.2, 0.25) is 6.79 Å². The van der Waals surface area contributed by atoms with E-state index in [0.717, 1.165) is 0 Å². The van der Waals surface area contributed by atoms with E-state index in [1.807, 2.05) is 30.3 Å². The molecule has 0 fully saturated rings. The molecule has 6 nitrogen and oxygen atoms in total. The molecule has 0 aliphatic carbocycles. The van der Waals surface area contributed by atoms with E-state index in [-0.39, 0.29) is 24.7 Å². The summed E-state index contributed by atoms with van der Waals surface area (Å²) in [5.74, 6) is 0.301. The Kier molecular flexibility index (Phi) is 5.51. The zero-order chi connectivity index (χ0) is 20.4. The Hall–Kier alpha value is -2.90. The van der Waals surface area contributed by atoms with E-state index in [4.69, 9.17) is 25.8 Å². The molecular formula is C21H16ClNO5S. The van der Waals surface area contributed by atoms with E-state index >= 15 is 0 Å². The van der Waals surface area contributed by atoms with Crippen LogP contribution < -0.4 is 9.47 Å². The average Bonchev–Trinajstić information content (AvgIpc) is 3.27. The fraction of sp³-hybridized carbons (Fsp3) is 0.143. The first-order chi connectivity index (χ1) is 14.1. The molecule has 0 bridgehead atoms. The second-order valence-corrected chi connectivity index (χ2v) is 7.47. The highest BCUT2D eigenvalue weighted by Gasteiger charge is 2.33. The maximum absolute atomic E-state index is 12.5. The van der Waals surface area contributed by atoms with Crippen molar-refractivity contribution in [1.29, 1.82) is 0 Å². The molecule has 0 unspecified atom stereocenters. The minimum Gasteiger partial charge on any atom is -0.506 e. The Morgan fingerprint density at radius 2 is 2.00 bits per heavy atom. The third-order valence-corrected chi connectivity index (χ3v) is 5.48. The smallest absolute Gasteiger partial charge is 0.344 e. The number of carbonyl (C=O) groups is 1. The molecule has 2 aromatic rings. The third kappa shape index (κ3) is 3.97. The fourth-order valence-corrected chi connectivity index (χ4v) is 4.03. The summed E-state index contributed by atoms with van der Waals surface area (Å²) in [6, 6.07) is 12.6. The van der Waals surface area contributed by atoms with Crippen LogP contribution in [-0.4, -0.2) is 29.5 Å². The Bertz CT molecular complexity index is 1060. The molecule has 4 rings (SSSR count). The maximum atomic E-state index is 12.5. The molecule has 0 saturated heterocycles. The van der Waals surface area contributed by atoms with Gasteiger partial charge in [0.15, 0.2) is 11.5 Å². The summed E-state index contributed by atoms with van der Waals surface area (Å²) in [7, 11) is 0. The van der Waals surface area contributed by atoms with E-state index in [0.29, 0.717) is 37.7 Å². The van der Waals surface area contributed by atoms with Crippen LogP contribution in [0.1, 0.15) is 12.5 Å². The lowest BCUT2D eigenvalue weighted by Crippen LogP contribution is -2.12. The number of hydrogen-bond donors (Lipinski definition) is 1. The Balaban J connectivity index is 1.76. The number of thioether (sulfide) groups is 1. The summed E-state index contributed by atoms with van der Waals surface area (Å²) in [6.07, 6.45) is 1.68. The van der Waals surface area contributed by atoms with Crippen molar-refractivity contribution in [3.05, 3.63) is 69.3 Å². The van der Waals surface area contributed by atoms with Crippen LogP contribution in [0.15, 0.2) is 63.7 Å². The van der Waals surface area contributed by atoms with Crippen LogP contribution in [0.25, 0.3) is 6.08 Å². The molecular weight excluding hydrogens is 414 g/mol. The van der Waals surface area contributed by atoms with E-state index in [1.165, 1.54) is 11.8 Å². The summed E-state index contributed by atoms with van der Waals surface area (Å²) in [5.41, 5.74) is 1.31. The second kappa shape index (κ2) is 8.23. The Morgan fingerprint density at radius 3 is 2.72 bits per heavy atom. The van der Waals surface area contributed by atoms with E-state index < -0.39 is 5.97 Å². The lowest BCUT2D eigenvalue weighted by atomic mass is 10.1. The SMILES string of the molecule is CCOC(=O)C1=C(O)/C(=C/c2cc3c(cc2Cl)OCO3)SC1=Nc1ccccc1. The van der Waals surface area contributed by atoms with E-state index in [2.05, 4.69) is 4.99 Å². The van der Waals surface area contributed by atoms with Gasteiger partial charge < -0.3 is 19.3 Å². The molecule has 0 aromatic heterocycles. The molecule has 0 saturated carbocycles. The molecule has 2 heterocycles. The maximum Gasteiger partial charge on any atom is 0.344 e. The Morgan fingerprint density at radius 1 is 1.28 bits per heavy atom. The number of aliphatic hydroxyl groups is 1. The topological polar surface area (TPSA) is 77.4 Å². The predicted molar refractivity (Wildman–Crippen MR) is 113 cm³/mol. The van der Waals surface area contributed by atoms with Gasteiger partial charge in [0.25, 0.3) is 0 Å². The van der Waals surface area contributed by atoms with Crippen molar-refractivity contribution in [1.82, 2.24) is 0 Å². The molecule has 8 heteroatoms. The third-order valence-electron chi connectivity index (χ3n) is 4.14. The molecule has 1 N–H and O–H groups in total. The number of benzene rings is 2. The number of esters is 1. The number of nitrogens with zero attached hydrogens (tertiary/aromatic N) is 1. The lowest BCUT2D eigenvalue weighted by Gasteiger charge is -2.03. The van der Waals surface area contributed by atoms with Crippen molar-refractivity contribution >= 4 is 46.1 Å². The van der Waals surface area contributed by atoms with Gasteiger partial charge in [0.05, 0.1) is 22.2 Å². The zero-order valence-electron chi connectivity index (χ0n) is 15.3. The molecule has 0 spiro atoms. The van der Waals surface area contributed by atoms with Gasteiger partial charge in [-0.15, -0.1) is 0 Å². The number of ether oxygens (including phenoxy) is 3. The van der Waals surface area contributed by atoms with Crippen LogP contribution in [0.5, 0.6) is 11.5 Å². The van der Waals surface area contributed by atoms with E-state index in [1.54, 1.807) is 25.1 Å². The number of aliphatic hydroxyl groups excluding tert-OH is 1. The van der Waals surface area contributed by atoms with Crippen molar-refractivity contribution in [2.45, 2.75) is 6.92 Å². The lowest BCUT2D eigenvalue weighted by molar-refractivity contribution is -0.138. The van der Waals surface area contributed by atoms with Gasteiger partial charge in [0.1, 0.15) is 16.4 Å². The van der Waals surface area contributed by atoms with Crippen LogP contribution in [-0.2, 0) is 9.53 Å². The monoisotopic (exact) mass is 429 g/mol. The number of rotatable bonds is 4. The zero-order valence-corrected chi connectivity index (χ0v) is 16.9. The van der Waals surface area contributed by atoms with Crippen molar-refractivity contribution in [3.8, 4) is 11.5 Å². The number of para-hydroxylation sites is 1. The molecule has 148 valence electrons. The highest BCUT2D eigenvalue weighted by atomic mass is 35.5. The van der Waals surface area contributed by atoms with Crippen molar-refractivity contribution in [2.24, 2.45) is 4.99 Å². The van der Waals surface area contributed by atoms with Gasteiger partial charge in [-0.25, -0.2) is 9.79 Å². The standard InChI is InChI=1S/C21H16ClNO5S/c1-2-26-21(25)18-19(24)17(29-20(18)23-13-6-4-3-5-7-13)9-12-8-15-16(10-14(12)22)28-11-27-15/h3-10,24H,2,11H2,1H3/b17-9-,23-20?. The normalized spacial score (nSPS) is 18.0. The number of hydrogen-bond acceptors (Lipinski definition) is 7. The van der Waals surface area contributed by atoms with E-state index in [9.17, 15) is 9.90 Å². The molecule has 0 amide bonds. The molecule has 29 heavy (non-hydrogen) atoms. The minimum atomic E-state index is -0.632. The van der Waals surface area contributed by atoms with Crippen molar-refractivity contribution < 1.29 is 24.1 Å². The van der Waals surface area contributed by atoms with Crippen LogP contribution in [0.4, 0.5) is 5.69 Å². The molecule has 0 radical (unpaired) electrons. The highest BCUT2D eigenvalue weighted by molar-refractivity contribution is 8.18. The van der Waals surface area contributed by atoms with Gasteiger partial charge in [-0.3, -0.25) is 0 Å². The molecule has 0 atom stereocenters. The molecule has 2 aliphatic rings. The summed E-state index contributed by atoms with van der Waals surface area (Å²) in [5, 5.41) is 11.5. The summed E-state index contributed by atoms with van der Waals surface area (Å²) >= 11 is 7.51. The first kappa shape index (κ1) is 19.4. The average molecular weight is 430 g/mol. The fourth-order valence-electron chi connectivity index (χ4n) is 2.80. The first-order valence-electron chi connectivity index (χ1n) is 8.80. The van der Waals surface area contributed by atoms with Crippen LogP contribution >= 0.6 is 23.4 Å². The van der Waals surface area contributed by atoms with Crippen LogP contribution in [0.3, 0.4) is 0 Å². The number of fused-ring (bicyclic) bond motifs is 1. The van der Waals surface area contributed by atoms with Crippen molar-refractivity contribution in [2.75, 3.05) is 13.4 Å². The predicted octanol–water partition coefficient (Wildman–Crippen LogP) is 5.26. The van der Waals surface area contributed by atoms with Crippen LogP contribution in [0, 0.1) is 0 Å². The van der Waals surface area contributed by atoms with Gasteiger partial charge in [-0.1, -0.05) is 41.6 Å². The van der Waals surface area contributed by atoms with Crippen LogP contribution in [0.2, 0.25) is 5.02 Å².